The maximum absolute atomic E-state index is 5.57. The lowest BCUT2D eigenvalue weighted by atomic mass is 10.3. The summed E-state index contributed by atoms with van der Waals surface area (Å²) in [7, 11) is 2.03. The van der Waals surface area contributed by atoms with Crippen LogP contribution in [0.15, 0.2) is 6.33 Å². The first-order valence-electron chi connectivity index (χ1n) is 6.94. The largest absolute Gasteiger partial charge is 0.377 e. The molecule has 0 saturated carbocycles. The van der Waals surface area contributed by atoms with Gasteiger partial charge in [0.25, 0.3) is 0 Å². The van der Waals surface area contributed by atoms with Crippen molar-refractivity contribution < 1.29 is 4.74 Å². The van der Waals surface area contributed by atoms with Gasteiger partial charge in [0, 0.05) is 25.7 Å². The molecule has 0 amide bonds. The molecule has 1 N–H and O–H groups in total. The zero-order chi connectivity index (χ0) is 14.3. The van der Waals surface area contributed by atoms with Crippen LogP contribution in [0.1, 0.15) is 32.8 Å². The fourth-order valence-electron chi connectivity index (χ4n) is 1.78. The molecule has 19 heavy (non-hydrogen) atoms. The average molecular weight is 266 g/mol. The van der Waals surface area contributed by atoms with Gasteiger partial charge in [0.2, 0.25) is 0 Å². The number of rotatable bonds is 8. The van der Waals surface area contributed by atoms with Gasteiger partial charge in [0.05, 0.1) is 12.7 Å². The van der Waals surface area contributed by atoms with E-state index in [0.717, 1.165) is 36.7 Å². The van der Waals surface area contributed by atoms with E-state index in [0.29, 0.717) is 6.61 Å². The van der Waals surface area contributed by atoms with Gasteiger partial charge in [-0.15, -0.1) is 0 Å². The molecule has 1 heterocycles. The number of likely N-dealkylation sites (N-methyl/N-ethyl adjacent to an activating group) is 1. The summed E-state index contributed by atoms with van der Waals surface area (Å²) in [6.07, 6.45) is 2.96. The van der Waals surface area contributed by atoms with Crippen molar-refractivity contribution in [1.29, 1.82) is 0 Å². The van der Waals surface area contributed by atoms with Crippen LogP contribution in [0.5, 0.6) is 0 Å². The first-order valence-corrected chi connectivity index (χ1v) is 6.94. The molecule has 1 aromatic heterocycles. The van der Waals surface area contributed by atoms with Crippen LogP contribution in [0, 0.1) is 6.92 Å². The van der Waals surface area contributed by atoms with Gasteiger partial charge in [-0.05, 0) is 27.2 Å². The van der Waals surface area contributed by atoms with Gasteiger partial charge < -0.3 is 15.0 Å². The minimum atomic E-state index is 0.265. The first-order chi connectivity index (χ1) is 9.06. The molecule has 1 rings (SSSR count). The Morgan fingerprint density at radius 3 is 2.74 bits per heavy atom. The van der Waals surface area contributed by atoms with E-state index in [4.69, 9.17) is 4.74 Å². The molecule has 5 heteroatoms. The fourth-order valence-corrected chi connectivity index (χ4v) is 1.78. The van der Waals surface area contributed by atoms with Gasteiger partial charge in [-0.25, -0.2) is 9.97 Å². The molecule has 0 bridgehead atoms. The number of ether oxygens (including phenoxy) is 1. The quantitative estimate of drug-likeness (QED) is 0.783. The van der Waals surface area contributed by atoms with Gasteiger partial charge in [-0.2, -0.15) is 0 Å². The summed E-state index contributed by atoms with van der Waals surface area (Å²) < 4.78 is 5.57. The summed E-state index contributed by atoms with van der Waals surface area (Å²) in [6, 6.07) is 0. The van der Waals surface area contributed by atoms with Crippen LogP contribution < -0.4 is 10.2 Å². The van der Waals surface area contributed by atoms with Gasteiger partial charge in [-0.3, -0.25) is 0 Å². The highest BCUT2D eigenvalue weighted by Gasteiger charge is 2.10. The molecule has 1 aromatic rings. The second-order valence-corrected chi connectivity index (χ2v) is 4.94. The van der Waals surface area contributed by atoms with E-state index in [1.807, 2.05) is 27.8 Å². The van der Waals surface area contributed by atoms with Crippen molar-refractivity contribution in [3.63, 3.8) is 0 Å². The minimum absolute atomic E-state index is 0.265. The monoisotopic (exact) mass is 266 g/mol. The summed E-state index contributed by atoms with van der Waals surface area (Å²) in [5.74, 6) is 1.88. The average Bonchev–Trinajstić information content (AvgIpc) is 2.37. The molecule has 0 saturated heterocycles. The van der Waals surface area contributed by atoms with Gasteiger partial charge >= 0.3 is 0 Å². The molecule has 0 aromatic carbocycles. The number of nitrogens with zero attached hydrogens (tertiary/aromatic N) is 3. The molecule has 0 atom stereocenters. The van der Waals surface area contributed by atoms with Crippen LogP contribution in [-0.4, -0.2) is 42.8 Å². The second kappa shape index (κ2) is 7.94. The molecule has 0 aliphatic heterocycles. The Bertz CT molecular complexity index is 382. The third kappa shape index (κ3) is 5.03. The van der Waals surface area contributed by atoms with E-state index in [1.54, 1.807) is 6.33 Å². The van der Waals surface area contributed by atoms with Crippen molar-refractivity contribution in [2.24, 2.45) is 0 Å². The first kappa shape index (κ1) is 15.7. The third-order valence-electron chi connectivity index (χ3n) is 2.84. The summed E-state index contributed by atoms with van der Waals surface area (Å²) in [4.78, 5) is 10.8. The molecule has 108 valence electrons. The van der Waals surface area contributed by atoms with Gasteiger partial charge in [0.1, 0.15) is 18.0 Å². The summed E-state index contributed by atoms with van der Waals surface area (Å²) >= 11 is 0. The molecular formula is C14H26N4O. The fraction of sp³-hybridized carbons (Fsp3) is 0.714. The summed E-state index contributed by atoms with van der Waals surface area (Å²) in [6.45, 7) is 10.7. The van der Waals surface area contributed by atoms with Crippen molar-refractivity contribution in [3.8, 4) is 0 Å². The maximum Gasteiger partial charge on any atom is 0.136 e. The number of nitrogens with one attached hydrogen (secondary N) is 1. The molecule has 0 spiro atoms. The van der Waals surface area contributed by atoms with Crippen LogP contribution >= 0.6 is 0 Å². The van der Waals surface area contributed by atoms with Crippen molar-refractivity contribution in [1.82, 2.24) is 9.97 Å². The number of aromatic nitrogens is 2. The Balaban J connectivity index is 2.65. The molecule has 0 unspecified atom stereocenters. The Morgan fingerprint density at radius 1 is 1.37 bits per heavy atom. The third-order valence-corrected chi connectivity index (χ3v) is 2.84. The van der Waals surface area contributed by atoms with Crippen LogP contribution in [0.25, 0.3) is 0 Å². The maximum atomic E-state index is 5.57. The second-order valence-electron chi connectivity index (χ2n) is 4.94. The lowest BCUT2D eigenvalue weighted by Crippen LogP contribution is -2.26. The van der Waals surface area contributed by atoms with Crippen LogP contribution in [0.3, 0.4) is 0 Å². The van der Waals surface area contributed by atoms with E-state index < -0.39 is 0 Å². The summed E-state index contributed by atoms with van der Waals surface area (Å²) in [5.41, 5.74) is 1.09. The molecule has 5 nitrogen and oxygen atoms in total. The molecule has 0 radical (unpaired) electrons. The van der Waals surface area contributed by atoms with E-state index in [2.05, 4.69) is 27.1 Å². The smallest absolute Gasteiger partial charge is 0.136 e. The zero-order valence-corrected chi connectivity index (χ0v) is 12.7. The predicted molar refractivity (Wildman–Crippen MR) is 79.9 cm³/mol. The predicted octanol–water partition coefficient (Wildman–Crippen LogP) is 2.47. The zero-order valence-electron chi connectivity index (χ0n) is 12.7. The van der Waals surface area contributed by atoms with Crippen molar-refractivity contribution in [3.05, 3.63) is 11.9 Å². The molecule has 0 aliphatic rings. The van der Waals surface area contributed by atoms with Crippen LogP contribution in [0.4, 0.5) is 11.6 Å². The minimum Gasteiger partial charge on any atom is -0.377 e. The van der Waals surface area contributed by atoms with Crippen molar-refractivity contribution in [2.45, 2.75) is 40.2 Å². The number of hydrogen-bond acceptors (Lipinski definition) is 5. The number of hydrogen-bond donors (Lipinski definition) is 1. The topological polar surface area (TPSA) is 50.3 Å². The Kier molecular flexibility index (Phi) is 6.56. The van der Waals surface area contributed by atoms with Crippen molar-refractivity contribution >= 4 is 11.6 Å². The Hall–Kier alpha value is -1.36. The highest BCUT2D eigenvalue weighted by Crippen LogP contribution is 2.20. The van der Waals surface area contributed by atoms with E-state index in [-0.39, 0.29) is 6.10 Å². The molecule has 0 fully saturated rings. The lowest BCUT2D eigenvalue weighted by molar-refractivity contribution is 0.0845. The standard InChI is InChI=1S/C14H26N4O/c1-6-7-15-13-12(4)14(17-10-16-13)18(5)8-9-19-11(2)3/h10-11H,6-9H2,1-5H3,(H,15,16,17). The van der Waals surface area contributed by atoms with Crippen LogP contribution in [0.2, 0.25) is 0 Å². The highest BCUT2D eigenvalue weighted by molar-refractivity contribution is 5.57. The molecular weight excluding hydrogens is 240 g/mol. The van der Waals surface area contributed by atoms with Gasteiger partial charge in [0.15, 0.2) is 0 Å². The van der Waals surface area contributed by atoms with Crippen LogP contribution in [-0.2, 0) is 4.74 Å². The molecule has 0 aliphatic carbocycles. The SMILES string of the molecule is CCCNc1ncnc(N(C)CCOC(C)C)c1C. The van der Waals surface area contributed by atoms with E-state index in [1.165, 1.54) is 0 Å². The van der Waals surface area contributed by atoms with E-state index in [9.17, 15) is 0 Å². The van der Waals surface area contributed by atoms with E-state index >= 15 is 0 Å². The lowest BCUT2D eigenvalue weighted by Gasteiger charge is -2.21. The summed E-state index contributed by atoms with van der Waals surface area (Å²) in [5, 5.41) is 3.32. The Labute approximate surface area is 116 Å². The highest BCUT2D eigenvalue weighted by atomic mass is 16.5. The number of anilines is 2. The normalized spacial score (nSPS) is 10.8. The van der Waals surface area contributed by atoms with Gasteiger partial charge in [-0.1, -0.05) is 6.92 Å². The Morgan fingerprint density at radius 2 is 2.11 bits per heavy atom. The van der Waals surface area contributed by atoms with Crippen molar-refractivity contribution in [2.75, 3.05) is 37.0 Å².